The number of fused-ring (bicyclic) bond motifs is 8. The van der Waals surface area contributed by atoms with Crippen LogP contribution >= 0.6 is 0 Å². The van der Waals surface area contributed by atoms with E-state index >= 15 is 0 Å². The van der Waals surface area contributed by atoms with Crippen LogP contribution in [0.25, 0.3) is 82.5 Å². The van der Waals surface area contributed by atoms with Crippen LogP contribution in [0.15, 0.2) is 199 Å². The van der Waals surface area contributed by atoms with Crippen molar-refractivity contribution in [1.29, 1.82) is 0 Å². The zero-order valence-corrected chi connectivity index (χ0v) is 29.7. The SMILES string of the molecule is c1ccc(-c2ccc(N(c3ccc(-c4ccc5ccc6ccc7nn(-c8ccccc8)nc7c6c5c4)cc3)c3ccc4c(c3)oc3ccccc34)cc2)cc1. The van der Waals surface area contributed by atoms with Gasteiger partial charge in [0.15, 0.2) is 0 Å². The summed E-state index contributed by atoms with van der Waals surface area (Å²) >= 11 is 0. The Bertz CT molecular complexity index is 3180. The summed E-state index contributed by atoms with van der Waals surface area (Å²) in [6.45, 7) is 0. The first-order valence-electron chi connectivity index (χ1n) is 18.5. The van der Waals surface area contributed by atoms with Crippen molar-refractivity contribution >= 4 is 71.6 Å². The first kappa shape index (κ1) is 31.1. The van der Waals surface area contributed by atoms with Crippen LogP contribution in [0.3, 0.4) is 0 Å². The lowest BCUT2D eigenvalue weighted by atomic mass is 9.96. The molecule has 0 spiro atoms. The average molecular weight is 705 g/mol. The zero-order chi connectivity index (χ0) is 36.3. The molecule has 0 radical (unpaired) electrons. The molecule has 0 saturated heterocycles. The van der Waals surface area contributed by atoms with Crippen molar-refractivity contribution in [3.05, 3.63) is 194 Å². The summed E-state index contributed by atoms with van der Waals surface area (Å²) in [7, 11) is 0. The lowest BCUT2D eigenvalue weighted by Gasteiger charge is -2.26. The van der Waals surface area contributed by atoms with Gasteiger partial charge in [0.2, 0.25) is 0 Å². The van der Waals surface area contributed by atoms with E-state index in [0.29, 0.717) is 0 Å². The van der Waals surface area contributed by atoms with Crippen molar-refractivity contribution in [2.24, 2.45) is 0 Å². The molecule has 0 aliphatic carbocycles. The molecule has 0 atom stereocenters. The van der Waals surface area contributed by atoms with E-state index < -0.39 is 0 Å². The molecule has 0 aliphatic heterocycles. The third-order valence-electron chi connectivity index (χ3n) is 10.7. The highest BCUT2D eigenvalue weighted by Crippen LogP contribution is 2.40. The minimum absolute atomic E-state index is 0.863. The maximum atomic E-state index is 6.35. The molecular weight excluding hydrogens is 673 g/mol. The van der Waals surface area contributed by atoms with E-state index in [4.69, 9.17) is 14.6 Å². The Kier molecular flexibility index (Phi) is 7.10. The van der Waals surface area contributed by atoms with Gasteiger partial charge in [0.05, 0.1) is 5.69 Å². The predicted molar refractivity (Wildman–Crippen MR) is 227 cm³/mol. The van der Waals surface area contributed by atoms with Gasteiger partial charge in [-0.25, -0.2) is 0 Å². The second-order valence-electron chi connectivity index (χ2n) is 13.9. The number of aromatic nitrogens is 3. The molecule has 0 N–H and O–H groups in total. The van der Waals surface area contributed by atoms with Crippen LogP contribution in [0.2, 0.25) is 0 Å². The number of hydrogen-bond donors (Lipinski definition) is 0. The first-order chi connectivity index (χ1) is 27.2. The van der Waals surface area contributed by atoms with Crippen LogP contribution in [0.4, 0.5) is 17.1 Å². The number of hydrogen-bond acceptors (Lipinski definition) is 4. The van der Waals surface area contributed by atoms with Gasteiger partial charge in [-0.05, 0) is 105 Å². The first-order valence-corrected chi connectivity index (χ1v) is 18.5. The van der Waals surface area contributed by atoms with Gasteiger partial charge in [-0.3, -0.25) is 0 Å². The maximum Gasteiger partial charge on any atom is 0.137 e. The highest BCUT2D eigenvalue weighted by molar-refractivity contribution is 6.19. The topological polar surface area (TPSA) is 47.1 Å². The Morgan fingerprint density at radius 2 is 0.982 bits per heavy atom. The fourth-order valence-corrected chi connectivity index (χ4v) is 7.91. The summed E-state index contributed by atoms with van der Waals surface area (Å²) in [5, 5.41) is 16.6. The van der Waals surface area contributed by atoms with Gasteiger partial charge in [0.1, 0.15) is 22.2 Å². The molecule has 0 bridgehead atoms. The minimum Gasteiger partial charge on any atom is -0.456 e. The fraction of sp³-hybridized carbons (Fsp3) is 0. The largest absolute Gasteiger partial charge is 0.456 e. The molecule has 9 aromatic carbocycles. The third kappa shape index (κ3) is 5.33. The molecule has 11 rings (SSSR count). The second-order valence-corrected chi connectivity index (χ2v) is 13.9. The molecule has 0 saturated carbocycles. The summed E-state index contributed by atoms with van der Waals surface area (Å²) in [4.78, 5) is 4.03. The summed E-state index contributed by atoms with van der Waals surface area (Å²) in [5.41, 5.74) is 12.2. The Morgan fingerprint density at radius 1 is 0.400 bits per heavy atom. The number of para-hydroxylation sites is 2. The summed E-state index contributed by atoms with van der Waals surface area (Å²) in [5.74, 6) is 0. The van der Waals surface area contributed by atoms with Crippen LogP contribution in [0.1, 0.15) is 0 Å². The monoisotopic (exact) mass is 704 g/mol. The Hall–Kier alpha value is -7.50. The molecule has 0 aliphatic rings. The molecule has 2 heterocycles. The maximum absolute atomic E-state index is 6.35. The molecule has 0 unspecified atom stereocenters. The minimum atomic E-state index is 0.863. The molecule has 5 nitrogen and oxygen atoms in total. The van der Waals surface area contributed by atoms with Crippen LogP contribution in [0, 0.1) is 0 Å². The fourth-order valence-electron chi connectivity index (χ4n) is 7.91. The quantitative estimate of drug-likeness (QED) is 0.162. The number of rotatable bonds is 6. The van der Waals surface area contributed by atoms with Gasteiger partial charge in [0.25, 0.3) is 0 Å². The van der Waals surface area contributed by atoms with Crippen LogP contribution in [-0.2, 0) is 0 Å². The molecule has 0 amide bonds. The van der Waals surface area contributed by atoms with E-state index in [1.165, 1.54) is 16.5 Å². The summed E-state index contributed by atoms with van der Waals surface area (Å²) < 4.78 is 6.35. The molecule has 11 aromatic rings. The van der Waals surface area contributed by atoms with Crippen molar-refractivity contribution < 1.29 is 4.42 Å². The smallest absolute Gasteiger partial charge is 0.137 e. The summed E-state index contributed by atoms with van der Waals surface area (Å²) in [6.07, 6.45) is 0. The predicted octanol–water partition coefficient (Wildman–Crippen LogP) is 13.4. The highest BCUT2D eigenvalue weighted by atomic mass is 16.3. The molecule has 55 heavy (non-hydrogen) atoms. The van der Waals surface area contributed by atoms with Crippen LogP contribution < -0.4 is 4.90 Å². The Balaban J connectivity index is 1.01. The van der Waals surface area contributed by atoms with Crippen molar-refractivity contribution in [3.8, 4) is 27.9 Å². The lowest BCUT2D eigenvalue weighted by Crippen LogP contribution is -2.09. The Labute approximate surface area is 316 Å². The van der Waals surface area contributed by atoms with Crippen molar-refractivity contribution in [2.45, 2.75) is 0 Å². The van der Waals surface area contributed by atoms with E-state index in [-0.39, 0.29) is 0 Å². The van der Waals surface area contributed by atoms with E-state index in [9.17, 15) is 0 Å². The highest BCUT2D eigenvalue weighted by Gasteiger charge is 2.17. The summed E-state index contributed by atoms with van der Waals surface area (Å²) in [6, 6.07) is 68.2. The zero-order valence-electron chi connectivity index (χ0n) is 29.7. The second kappa shape index (κ2) is 12.6. The van der Waals surface area contributed by atoms with Crippen LogP contribution in [-0.4, -0.2) is 15.0 Å². The van der Waals surface area contributed by atoms with Gasteiger partial charge in [-0.2, -0.15) is 4.80 Å². The number of benzene rings is 9. The average Bonchev–Trinajstić information content (AvgIpc) is 3.86. The molecule has 0 fully saturated rings. The lowest BCUT2D eigenvalue weighted by molar-refractivity contribution is 0.669. The van der Waals surface area contributed by atoms with Gasteiger partial charge >= 0.3 is 0 Å². The van der Waals surface area contributed by atoms with Gasteiger partial charge in [-0.1, -0.05) is 121 Å². The van der Waals surface area contributed by atoms with Gasteiger partial charge in [-0.15, -0.1) is 10.2 Å². The molecule has 2 aromatic heterocycles. The molecule has 5 heteroatoms. The third-order valence-corrected chi connectivity index (χ3v) is 10.7. The molecular formula is C50H32N4O. The van der Waals surface area contributed by atoms with E-state index in [1.54, 1.807) is 4.80 Å². The van der Waals surface area contributed by atoms with Crippen molar-refractivity contribution in [1.82, 2.24) is 15.0 Å². The normalized spacial score (nSPS) is 11.6. The van der Waals surface area contributed by atoms with Crippen LogP contribution in [0.5, 0.6) is 0 Å². The van der Waals surface area contributed by atoms with Crippen molar-refractivity contribution in [2.75, 3.05) is 4.90 Å². The number of anilines is 3. The van der Waals surface area contributed by atoms with E-state index in [0.717, 1.165) is 83.0 Å². The van der Waals surface area contributed by atoms with E-state index in [1.807, 2.05) is 42.5 Å². The standard InChI is InChI=1S/C50H32N4O/c1-3-9-33(10-4-1)34-19-24-39(25-20-34)53(42-28-29-44-43-13-7-8-14-47(43)55-48(44)32-42)40-26-21-35(22-27-40)38-18-16-36-15-17-37-23-30-46-50(49(37)45(36)31-38)52-54(51-46)41-11-5-2-6-12-41/h1-32H. The Morgan fingerprint density at radius 3 is 1.76 bits per heavy atom. The molecule has 258 valence electrons. The van der Waals surface area contributed by atoms with Crippen molar-refractivity contribution in [3.63, 3.8) is 0 Å². The van der Waals surface area contributed by atoms with Gasteiger partial charge < -0.3 is 9.32 Å². The number of nitrogens with zero attached hydrogens (tertiary/aromatic N) is 4. The number of furan rings is 1. The van der Waals surface area contributed by atoms with E-state index in [2.05, 4.69) is 157 Å². The van der Waals surface area contributed by atoms with Gasteiger partial charge in [0, 0.05) is 39.3 Å².